The molecular formula is C21H24ClFO4. The molecule has 0 unspecified atom stereocenters. The van der Waals surface area contributed by atoms with E-state index in [2.05, 4.69) is 0 Å². The number of aliphatic hydroxyl groups is 1. The van der Waals surface area contributed by atoms with Gasteiger partial charge in [0.2, 0.25) is 0 Å². The van der Waals surface area contributed by atoms with Crippen LogP contribution >= 0.6 is 11.6 Å². The van der Waals surface area contributed by atoms with Gasteiger partial charge < -0.3 is 14.6 Å². The minimum atomic E-state index is -0.486. The predicted molar refractivity (Wildman–Crippen MR) is 104 cm³/mol. The van der Waals surface area contributed by atoms with Crippen molar-refractivity contribution >= 4 is 17.9 Å². The number of hydrogen-bond acceptors (Lipinski definition) is 4. The lowest BCUT2D eigenvalue weighted by Crippen LogP contribution is -2.10. The van der Waals surface area contributed by atoms with Crippen LogP contribution in [0, 0.1) is 11.7 Å². The second-order valence-electron chi connectivity index (χ2n) is 6.50. The number of rotatable bonds is 9. The number of hydrogen-bond donors (Lipinski definition) is 1. The average molecular weight is 395 g/mol. The smallest absolute Gasteiger partial charge is 0.153 e. The van der Waals surface area contributed by atoms with Crippen molar-refractivity contribution in [2.75, 3.05) is 20.8 Å². The third-order valence-corrected chi connectivity index (χ3v) is 4.85. The van der Waals surface area contributed by atoms with Gasteiger partial charge in [-0.2, -0.15) is 0 Å². The average Bonchev–Trinajstić information content (AvgIpc) is 2.65. The number of benzene rings is 2. The second kappa shape index (κ2) is 9.72. The van der Waals surface area contributed by atoms with Crippen LogP contribution in [-0.4, -0.2) is 32.2 Å². The van der Waals surface area contributed by atoms with E-state index in [0.29, 0.717) is 41.0 Å². The molecular weight excluding hydrogens is 371 g/mol. The van der Waals surface area contributed by atoms with Crippen molar-refractivity contribution in [1.29, 1.82) is 0 Å². The highest BCUT2D eigenvalue weighted by atomic mass is 35.5. The molecule has 0 radical (unpaired) electrons. The molecule has 2 aromatic carbocycles. The van der Waals surface area contributed by atoms with Gasteiger partial charge in [-0.25, -0.2) is 4.39 Å². The molecule has 1 N–H and O–H groups in total. The topological polar surface area (TPSA) is 55.8 Å². The maximum Gasteiger partial charge on any atom is 0.153 e. The summed E-state index contributed by atoms with van der Waals surface area (Å²) in [6, 6.07) is 6.48. The fraction of sp³-hybridized carbons (Fsp3) is 0.381. The Labute approximate surface area is 163 Å². The summed E-state index contributed by atoms with van der Waals surface area (Å²) < 4.78 is 25.5. The standard InChI is InChI=1S/C21H24ClFO4/c1-13(7-8-24)9-17-20(26-2)15(11-16(12-25)21(17)27-3)10-14-5-4-6-18(22)19(14)23/h4-6,11-13,24H,7-10H2,1-3H3/t13-/m1/s1. The van der Waals surface area contributed by atoms with Crippen LogP contribution in [0.5, 0.6) is 11.5 Å². The number of methoxy groups -OCH3 is 2. The lowest BCUT2D eigenvalue weighted by atomic mass is 9.91. The minimum absolute atomic E-state index is 0.0485. The van der Waals surface area contributed by atoms with E-state index in [4.69, 9.17) is 21.1 Å². The molecule has 0 spiro atoms. The highest BCUT2D eigenvalue weighted by molar-refractivity contribution is 6.30. The van der Waals surface area contributed by atoms with Gasteiger partial charge in [0.15, 0.2) is 6.29 Å². The first-order valence-electron chi connectivity index (χ1n) is 8.72. The van der Waals surface area contributed by atoms with Crippen LogP contribution < -0.4 is 9.47 Å². The zero-order chi connectivity index (χ0) is 20.0. The van der Waals surface area contributed by atoms with Crippen LogP contribution in [0.4, 0.5) is 4.39 Å². The molecule has 0 heterocycles. The molecule has 146 valence electrons. The van der Waals surface area contributed by atoms with E-state index >= 15 is 0 Å². The Hall–Kier alpha value is -2.11. The van der Waals surface area contributed by atoms with Crippen LogP contribution in [0.1, 0.15) is 40.4 Å². The van der Waals surface area contributed by atoms with Crippen molar-refractivity contribution < 1.29 is 23.8 Å². The van der Waals surface area contributed by atoms with Gasteiger partial charge in [-0.05, 0) is 42.0 Å². The summed E-state index contributed by atoms with van der Waals surface area (Å²) in [6.45, 7) is 2.07. The molecule has 0 fully saturated rings. The van der Waals surface area contributed by atoms with Gasteiger partial charge in [-0.1, -0.05) is 30.7 Å². The largest absolute Gasteiger partial charge is 0.496 e. The molecule has 0 amide bonds. The van der Waals surface area contributed by atoms with E-state index in [1.54, 1.807) is 18.2 Å². The summed E-state index contributed by atoms with van der Waals surface area (Å²) in [5.41, 5.74) is 2.20. The molecule has 0 bridgehead atoms. The minimum Gasteiger partial charge on any atom is -0.496 e. The molecule has 27 heavy (non-hydrogen) atoms. The lowest BCUT2D eigenvalue weighted by Gasteiger charge is -2.21. The Kier molecular flexibility index (Phi) is 7.63. The summed E-state index contributed by atoms with van der Waals surface area (Å²) in [7, 11) is 3.03. The summed E-state index contributed by atoms with van der Waals surface area (Å²) in [5.74, 6) is 0.666. The van der Waals surface area contributed by atoms with Crippen LogP contribution in [0.3, 0.4) is 0 Å². The van der Waals surface area contributed by atoms with Gasteiger partial charge in [0.25, 0.3) is 0 Å². The Balaban J connectivity index is 2.59. The van der Waals surface area contributed by atoms with Crippen molar-refractivity contribution in [2.45, 2.75) is 26.2 Å². The molecule has 0 aliphatic heterocycles. The number of carbonyl (C=O) groups excluding carboxylic acids is 1. The van der Waals surface area contributed by atoms with E-state index in [1.807, 2.05) is 6.92 Å². The molecule has 1 atom stereocenters. The molecule has 0 saturated heterocycles. The van der Waals surface area contributed by atoms with Crippen LogP contribution in [-0.2, 0) is 12.8 Å². The molecule has 4 nitrogen and oxygen atoms in total. The molecule has 2 aromatic rings. The maximum atomic E-state index is 14.4. The molecule has 0 aromatic heterocycles. The molecule has 0 saturated carbocycles. The SMILES string of the molecule is COc1c(C=O)cc(Cc2cccc(Cl)c2F)c(OC)c1C[C@H](C)CCO. The summed E-state index contributed by atoms with van der Waals surface area (Å²) >= 11 is 5.89. The third-order valence-electron chi connectivity index (χ3n) is 4.55. The molecule has 0 aliphatic rings. The number of ether oxygens (including phenoxy) is 2. The van der Waals surface area contributed by atoms with Crippen LogP contribution in [0.2, 0.25) is 5.02 Å². The van der Waals surface area contributed by atoms with Gasteiger partial charge >= 0.3 is 0 Å². The van der Waals surface area contributed by atoms with Crippen molar-refractivity contribution in [3.8, 4) is 11.5 Å². The fourth-order valence-corrected chi connectivity index (χ4v) is 3.44. The number of aldehydes is 1. The number of carbonyl (C=O) groups is 1. The quantitative estimate of drug-likeness (QED) is 0.638. The van der Waals surface area contributed by atoms with Crippen molar-refractivity contribution in [3.05, 3.63) is 57.4 Å². The number of aliphatic hydroxyl groups excluding tert-OH is 1. The highest BCUT2D eigenvalue weighted by Gasteiger charge is 2.22. The molecule has 2 rings (SSSR count). The molecule has 6 heteroatoms. The van der Waals surface area contributed by atoms with Crippen LogP contribution in [0.25, 0.3) is 0 Å². The lowest BCUT2D eigenvalue weighted by molar-refractivity contribution is 0.112. The Bertz CT molecular complexity index is 807. The number of halogens is 2. The van der Waals surface area contributed by atoms with E-state index in [0.717, 1.165) is 11.8 Å². The first-order chi connectivity index (χ1) is 13.0. The Morgan fingerprint density at radius 2 is 1.93 bits per heavy atom. The van der Waals surface area contributed by atoms with E-state index in [-0.39, 0.29) is 24.0 Å². The normalized spacial score (nSPS) is 11.9. The summed E-state index contributed by atoms with van der Waals surface area (Å²) in [4.78, 5) is 11.6. The van der Waals surface area contributed by atoms with E-state index < -0.39 is 5.82 Å². The second-order valence-corrected chi connectivity index (χ2v) is 6.91. The molecule has 0 aliphatic carbocycles. The zero-order valence-electron chi connectivity index (χ0n) is 15.7. The monoisotopic (exact) mass is 394 g/mol. The van der Waals surface area contributed by atoms with Crippen LogP contribution in [0.15, 0.2) is 24.3 Å². The van der Waals surface area contributed by atoms with Crippen molar-refractivity contribution in [2.24, 2.45) is 5.92 Å². The zero-order valence-corrected chi connectivity index (χ0v) is 16.5. The Morgan fingerprint density at radius 1 is 1.22 bits per heavy atom. The Morgan fingerprint density at radius 3 is 2.52 bits per heavy atom. The van der Waals surface area contributed by atoms with Crippen molar-refractivity contribution in [3.63, 3.8) is 0 Å². The maximum absolute atomic E-state index is 14.4. The summed E-state index contributed by atoms with van der Waals surface area (Å²) in [5, 5.41) is 9.25. The van der Waals surface area contributed by atoms with Gasteiger partial charge in [-0.15, -0.1) is 0 Å². The van der Waals surface area contributed by atoms with E-state index in [1.165, 1.54) is 20.3 Å². The van der Waals surface area contributed by atoms with Gasteiger partial charge in [0, 0.05) is 18.6 Å². The first kappa shape index (κ1) is 21.2. The highest BCUT2D eigenvalue weighted by Crippen LogP contribution is 2.38. The van der Waals surface area contributed by atoms with Crippen molar-refractivity contribution in [1.82, 2.24) is 0 Å². The first-order valence-corrected chi connectivity index (χ1v) is 9.10. The van der Waals surface area contributed by atoms with Gasteiger partial charge in [-0.3, -0.25) is 4.79 Å². The fourth-order valence-electron chi connectivity index (χ4n) is 3.25. The predicted octanol–water partition coefficient (Wildman–Crippen LogP) is 4.46. The summed E-state index contributed by atoms with van der Waals surface area (Å²) in [6.07, 6.45) is 2.10. The van der Waals surface area contributed by atoms with Gasteiger partial charge in [0.1, 0.15) is 17.3 Å². The van der Waals surface area contributed by atoms with E-state index in [9.17, 15) is 14.3 Å². The van der Waals surface area contributed by atoms with Gasteiger partial charge in [0.05, 0.1) is 24.8 Å². The third kappa shape index (κ3) is 4.79.